The Morgan fingerprint density at radius 3 is 2.85 bits per heavy atom. The van der Waals surface area contributed by atoms with E-state index in [4.69, 9.17) is 11.6 Å². The predicted octanol–water partition coefficient (Wildman–Crippen LogP) is 5.23. The summed E-state index contributed by atoms with van der Waals surface area (Å²) in [4.78, 5) is 12.4. The van der Waals surface area contributed by atoms with Crippen LogP contribution in [-0.2, 0) is 17.8 Å². The van der Waals surface area contributed by atoms with Crippen LogP contribution in [0, 0.1) is 5.92 Å². The molecule has 1 aromatic heterocycles. The van der Waals surface area contributed by atoms with Gasteiger partial charge in [0.1, 0.15) is 5.82 Å². The first kappa shape index (κ1) is 18.5. The van der Waals surface area contributed by atoms with E-state index in [1.807, 2.05) is 18.2 Å². The lowest BCUT2D eigenvalue weighted by molar-refractivity contribution is -0.116. The molecule has 6 heteroatoms. The second kappa shape index (κ2) is 8.42. The molecule has 0 unspecified atom stereocenters. The SMILES string of the molecule is O=C(CCC1CCCC1)Nc1ccc(Cl)c(-c2nnc3n2CCCCC3)c1. The van der Waals surface area contributed by atoms with Crippen molar-refractivity contribution >= 4 is 23.2 Å². The lowest BCUT2D eigenvalue weighted by atomic mass is 10.0. The minimum absolute atomic E-state index is 0.0789. The molecule has 27 heavy (non-hydrogen) atoms. The van der Waals surface area contributed by atoms with Gasteiger partial charge in [0.2, 0.25) is 5.91 Å². The van der Waals surface area contributed by atoms with Crippen molar-refractivity contribution in [3.8, 4) is 11.4 Å². The van der Waals surface area contributed by atoms with Crippen LogP contribution in [0.5, 0.6) is 0 Å². The van der Waals surface area contributed by atoms with E-state index in [0.717, 1.165) is 61.0 Å². The van der Waals surface area contributed by atoms with Gasteiger partial charge in [-0.25, -0.2) is 0 Å². The summed E-state index contributed by atoms with van der Waals surface area (Å²) < 4.78 is 2.18. The van der Waals surface area contributed by atoms with Gasteiger partial charge in [-0.3, -0.25) is 4.79 Å². The maximum atomic E-state index is 12.4. The third-order valence-electron chi connectivity index (χ3n) is 5.85. The maximum Gasteiger partial charge on any atom is 0.224 e. The number of carbonyl (C=O) groups excluding carboxylic acids is 1. The van der Waals surface area contributed by atoms with Gasteiger partial charge >= 0.3 is 0 Å². The van der Waals surface area contributed by atoms with Gasteiger partial charge in [0, 0.05) is 30.6 Å². The largest absolute Gasteiger partial charge is 0.326 e. The van der Waals surface area contributed by atoms with E-state index in [1.54, 1.807) is 0 Å². The number of carbonyl (C=O) groups is 1. The highest BCUT2D eigenvalue weighted by molar-refractivity contribution is 6.33. The van der Waals surface area contributed by atoms with E-state index in [0.29, 0.717) is 11.4 Å². The Morgan fingerprint density at radius 2 is 2.00 bits per heavy atom. The van der Waals surface area contributed by atoms with Gasteiger partial charge in [-0.05, 0) is 43.4 Å². The van der Waals surface area contributed by atoms with E-state index in [-0.39, 0.29) is 5.91 Å². The van der Waals surface area contributed by atoms with E-state index >= 15 is 0 Å². The highest BCUT2D eigenvalue weighted by Gasteiger charge is 2.19. The second-order valence-electron chi connectivity index (χ2n) is 7.83. The number of aromatic nitrogens is 3. The number of rotatable bonds is 5. The average Bonchev–Trinajstić information content (AvgIpc) is 3.27. The fourth-order valence-corrected chi connectivity index (χ4v) is 4.52. The number of nitrogens with one attached hydrogen (secondary N) is 1. The number of aryl methyl sites for hydroxylation is 1. The van der Waals surface area contributed by atoms with Crippen LogP contribution in [0.1, 0.15) is 63.6 Å². The van der Waals surface area contributed by atoms with Crippen LogP contribution >= 0.6 is 11.6 Å². The van der Waals surface area contributed by atoms with Crippen molar-refractivity contribution in [1.82, 2.24) is 14.8 Å². The summed E-state index contributed by atoms with van der Waals surface area (Å²) in [6.07, 6.45) is 11.2. The van der Waals surface area contributed by atoms with Crippen LogP contribution in [0.25, 0.3) is 11.4 Å². The van der Waals surface area contributed by atoms with Crippen LogP contribution in [0.3, 0.4) is 0 Å². The second-order valence-corrected chi connectivity index (χ2v) is 8.24. The summed E-state index contributed by atoms with van der Waals surface area (Å²) in [5.41, 5.74) is 1.61. The predicted molar refractivity (Wildman–Crippen MR) is 108 cm³/mol. The molecule has 1 aliphatic heterocycles. The smallest absolute Gasteiger partial charge is 0.224 e. The number of nitrogens with zero attached hydrogens (tertiary/aromatic N) is 3. The Kier molecular flexibility index (Phi) is 5.77. The van der Waals surface area contributed by atoms with Crippen LogP contribution in [0.15, 0.2) is 18.2 Å². The molecule has 0 atom stereocenters. The molecule has 0 radical (unpaired) electrons. The molecule has 2 aromatic rings. The van der Waals surface area contributed by atoms with E-state index in [2.05, 4.69) is 20.1 Å². The van der Waals surface area contributed by atoms with Gasteiger partial charge in [-0.1, -0.05) is 43.7 Å². The summed E-state index contributed by atoms with van der Waals surface area (Å²) in [5, 5.41) is 12.4. The van der Waals surface area contributed by atoms with E-state index in [1.165, 1.54) is 32.1 Å². The Morgan fingerprint density at radius 1 is 1.15 bits per heavy atom. The fourth-order valence-electron chi connectivity index (χ4n) is 4.32. The molecule has 144 valence electrons. The molecule has 1 aromatic carbocycles. The number of fused-ring (bicyclic) bond motifs is 1. The van der Waals surface area contributed by atoms with Crippen molar-refractivity contribution in [3.05, 3.63) is 29.0 Å². The molecule has 4 rings (SSSR count). The van der Waals surface area contributed by atoms with Crippen LogP contribution in [0.4, 0.5) is 5.69 Å². The van der Waals surface area contributed by atoms with Crippen molar-refractivity contribution in [3.63, 3.8) is 0 Å². The van der Waals surface area contributed by atoms with Crippen LogP contribution in [-0.4, -0.2) is 20.7 Å². The normalized spacial score (nSPS) is 17.5. The molecule has 1 aliphatic carbocycles. The molecule has 0 spiro atoms. The number of hydrogen-bond donors (Lipinski definition) is 1. The first-order chi connectivity index (χ1) is 13.2. The topological polar surface area (TPSA) is 59.8 Å². The van der Waals surface area contributed by atoms with Crippen molar-refractivity contribution in [2.45, 2.75) is 70.8 Å². The Balaban J connectivity index is 1.48. The summed E-state index contributed by atoms with van der Waals surface area (Å²) >= 11 is 6.46. The zero-order valence-electron chi connectivity index (χ0n) is 15.7. The van der Waals surface area contributed by atoms with Gasteiger partial charge in [-0.15, -0.1) is 10.2 Å². The Bertz CT molecular complexity index is 811. The minimum atomic E-state index is 0.0789. The van der Waals surface area contributed by atoms with Gasteiger partial charge in [0.05, 0.1) is 5.02 Å². The summed E-state index contributed by atoms with van der Waals surface area (Å²) in [7, 11) is 0. The Labute approximate surface area is 165 Å². The highest BCUT2D eigenvalue weighted by Crippen LogP contribution is 2.32. The minimum Gasteiger partial charge on any atom is -0.326 e. The van der Waals surface area contributed by atoms with E-state index < -0.39 is 0 Å². The molecule has 1 N–H and O–H groups in total. The molecular formula is C21H27ClN4O. The zero-order valence-corrected chi connectivity index (χ0v) is 16.5. The Hall–Kier alpha value is -1.88. The standard InChI is InChI=1S/C21H27ClN4O/c22-18-11-10-16(23-20(27)12-9-15-6-3-4-7-15)14-17(18)21-25-24-19-8-2-1-5-13-26(19)21/h10-11,14-15H,1-9,12-13H2,(H,23,27). The lowest BCUT2D eigenvalue weighted by Gasteiger charge is -2.12. The quantitative estimate of drug-likeness (QED) is 0.764. The number of halogens is 1. The van der Waals surface area contributed by atoms with Crippen molar-refractivity contribution < 1.29 is 4.79 Å². The fraction of sp³-hybridized carbons (Fsp3) is 0.571. The molecule has 1 saturated carbocycles. The third-order valence-corrected chi connectivity index (χ3v) is 6.18. The number of hydrogen-bond acceptors (Lipinski definition) is 3. The number of benzene rings is 1. The van der Waals surface area contributed by atoms with Gasteiger partial charge in [-0.2, -0.15) is 0 Å². The molecule has 0 bridgehead atoms. The number of amides is 1. The zero-order chi connectivity index (χ0) is 18.6. The van der Waals surface area contributed by atoms with Crippen LogP contribution in [0.2, 0.25) is 5.02 Å². The molecule has 0 saturated heterocycles. The lowest BCUT2D eigenvalue weighted by Crippen LogP contribution is -2.13. The molecule has 2 heterocycles. The average molecular weight is 387 g/mol. The summed E-state index contributed by atoms with van der Waals surface area (Å²) in [5.74, 6) is 2.64. The highest BCUT2D eigenvalue weighted by atomic mass is 35.5. The molecule has 2 aliphatic rings. The molecule has 5 nitrogen and oxygen atoms in total. The number of anilines is 1. The third kappa shape index (κ3) is 4.34. The van der Waals surface area contributed by atoms with Gasteiger partial charge < -0.3 is 9.88 Å². The van der Waals surface area contributed by atoms with Gasteiger partial charge in [0.15, 0.2) is 5.82 Å². The maximum absolute atomic E-state index is 12.4. The first-order valence-electron chi connectivity index (χ1n) is 10.2. The van der Waals surface area contributed by atoms with Gasteiger partial charge in [0.25, 0.3) is 0 Å². The van der Waals surface area contributed by atoms with E-state index in [9.17, 15) is 4.79 Å². The molecular weight excluding hydrogens is 360 g/mol. The van der Waals surface area contributed by atoms with Crippen molar-refractivity contribution in [2.75, 3.05) is 5.32 Å². The summed E-state index contributed by atoms with van der Waals surface area (Å²) in [6, 6.07) is 5.62. The summed E-state index contributed by atoms with van der Waals surface area (Å²) in [6.45, 7) is 0.923. The van der Waals surface area contributed by atoms with Crippen molar-refractivity contribution in [1.29, 1.82) is 0 Å². The molecule has 1 amide bonds. The molecule has 1 fully saturated rings. The monoisotopic (exact) mass is 386 g/mol. The van der Waals surface area contributed by atoms with Crippen molar-refractivity contribution in [2.24, 2.45) is 5.92 Å². The van der Waals surface area contributed by atoms with Crippen LogP contribution < -0.4 is 5.32 Å². The first-order valence-corrected chi connectivity index (χ1v) is 10.6.